The van der Waals surface area contributed by atoms with Crippen LogP contribution in [0.3, 0.4) is 0 Å². The first kappa shape index (κ1) is 13.1. The lowest BCUT2D eigenvalue weighted by Crippen LogP contribution is -2.07. The third-order valence-electron chi connectivity index (χ3n) is 2.38. The standard InChI is InChI=1S/C11H6F4N2O2/c12-7-3-5(1-2-6(7)11(13,14)15)8-4-9(10(18)19)17-16-8/h1-4H,(H,16,17)(H,18,19). The second kappa shape index (κ2) is 4.38. The molecule has 2 rings (SSSR count). The van der Waals surface area contributed by atoms with Gasteiger partial charge in [0.15, 0.2) is 0 Å². The van der Waals surface area contributed by atoms with E-state index in [1.165, 1.54) is 0 Å². The van der Waals surface area contributed by atoms with Gasteiger partial charge in [0.2, 0.25) is 0 Å². The van der Waals surface area contributed by atoms with Crippen molar-refractivity contribution in [3.8, 4) is 11.3 Å². The van der Waals surface area contributed by atoms with E-state index >= 15 is 0 Å². The Bertz CT molecular complexity index is 634. The average Bonchev–Trinajstić information content (AvgIpc) is 2.76. The maximum Gasteiger partial charge on any atom is 0.419 e. The summed E-state index contributed by atoms with van der Waals surface area (Å²) in [6.07, 6.45) is -4.78. The van der Waals surface area contributed by atoms with Crippen molar-refractivity contribution >= 4 is 5.97 Å². The number of rotatable bonds is 2. The van der Waals surface area contributed by atoms with Crippen LogP contribution in [0.25, 0.3) is 11.3 Å². The molecule has 8 heteroatoms. The fraction of sp³-hybridized carbons (Fsp3) is 0.0909. The summed E-state index contributed by atoms with van der Waals surface area (Å²) in [5.41, 5.74) is -1.53. The number of carbonyl (C=O) groups is 1. The number of alkyl halides is 3. The van der Waals surface area contributed by atoms with E-state index in [2.05, 4.69) is 10.2 Å². The fourth-order valence-electron chi connectivity index (χ4n) is 1.48. The van der Waals surface area contributed by atoms with Crippen LogP contribution >= 0.6 is 0 Å². The summed E-state index contributed by atoms with van der Waals surface area (Å²) in [6, 6.07) is 3.36. The van der Waals surface area contributed by atoms with Crippen LogP contribution in [-0.4, -0.2) is 21.3 Å². The maximum absolute atomic E-state index is 13.3. The van der Waals surface area contributed by atoms with Gasteiger partial charge in [0.25, 0.3) is 0 Å². The highest BCUT2D eigenvalue weighted by Gasteiger charge is 2.34. The molecule has 0 bridgehead atoms. The Morgan fingerprint density at radius 3 is 2.42 bits per heavy atom. The summed E-state index contributed by atoms with van der Waals surface area (Å²) in [4.78, 5) is 10.6. The Morgan fingerprint density at radius 1 is 1.26 bits per heavy atom. The first-order valence-electron chi connectivity index (χ1n) is 4.95. The molecule has 100 valence electrons. The highest BCUT2D eigenvalue weighted by molar-refractivity contribution is 5.86. The number of aromatic carboxylic acids is 1. The SMILES string of the molecule is O=C(O)c1cc(-c2ccc(C(F)(F)F)c(F)c2)n[nH]1. The van der Waals surface area contributed by atoms with E-state index in [0.29, 0.717) is 12.1 Å². The normalized spacial score (nSPS) is 11.6. The Hall–Kier alpha value is -2.38. The molecular weight excluding hydrogens is 268 g/mol. The topological polar surface area (TPSA) is 66.0 Å². The number of carboxylic acids is 1. The minimum absolute atomic E-state index is 0.0463. The summed E-state index contributed by atoms with van der Waals surface area (Å²) in [6.45, 7) is 0. The molecule has 19 heavy (non-hydrogen) atoms. The molecule has 2 aromatic rings. The molecule has 2 N–H and O–H groups in total. The van der Waals surface area contributed by atoms with Crippen molar-refractivity contribution in [2.45, 2.75) is 6.18 Å². The largest absolute Gasteiger partial charge is 0.477 e. The monoisotopic (exact) mass is 274 g/mol. The van der Waals surface area contributed by atoms with Gasteiger partial charge < -0.3 is 5.11 Å². The molecule has 0 aliphatic rings. The van der Waals surface area contributed by atoms with E-state index in [0.717, 1.165) is 12.1 Å². The average molecular weight is 274 g/mol. The molecule has 0 spiro atoms. The Morgan fingerprint density at radius 2 is 1.95 bits per heavy atom. The number of aromatic nitrogens is 2. The van der Waals surface area contributed by atoms with Crippen molar-refractivity contribution in [1.82, 2.24) is 10.2 Å². The van der Waals surface area contributed by atoms with Crippen molar-refractivity contribution in [3.63, 3.8) is 0 Å². The number of hydrogen-bond donors (Lipinski definition) is 2. The van der Waals surface area contributed by atoms with Gasteiger partial charge in [-0.15, -0.1) is 0 Å². The van der Waals surface area contributed by atoms with Crippen LogP contribution in [0, 0.1) is 5.82 Å². The van der Waals surface area contributed by atoms with E-state index in [1.807, 2.05) is 0 Å². The minimum Gasteiger partial charge on any atom is -0.477 e. The van der Waals surface area contributed by atoms with Crippen molar-refractivity contribution in [3.05, 3.63) is 41.3 Å². The van der Waals surface area contributed by atoms with Crippen LogP contribution in [0.2, 0.25) is 0 Å². The molecule has 1 aromatic carbocycles. The first-order valence-corrected chi connectivity index (χ1v) is 4.95. The summed E-state index contributed by atoms with van der Waals surface area (Å²) < 4.78 is 50.4. The van der Waals surface area contributed by atoms with Crippen LogP contribution in [0.1, 0.15) is 16.1 Å². The van der Waals surface area contributed by atoms with E-state index in [1.54, 1.807) is 0 Å². The lowest BCUT2D eigenvalue weighted by Gasteiger charge is -2.08. The van der Waals surface area contributed by atoms with Gasteiger partial charge in [-0.25, -0.2) is 9.18 Å². The smallest absolute Gasteiger partial charge is 0.419 e. The molecule has 0 fully saturated rings. The van der Waals surface area contributed by atoms with Crippen molar-refractivity contribution in [2.75, 3.05) is 0 Å². The summed E-state index contributed by atoms with van der Waals surface area (Å²) in [5.74, 6) is -2.71. The molecule has 1 aromatic heterocycles. The molecule has 0 unspecified atom stereocenters. The molecule has 0 amide bonds. The molecule has 0 saturated heterocycles. The predicted octanol–water partition coefficient (Wildman–Crippen LogP) is 2.93. The van der Waals surface area contributed by atoms with Gasteiger partial charge in [-0.05, 0) is 18.2 Å². The second-order valence-electron chi connectivity index (χ2n) is 3.66. The van der Waals surface area contributed by atoms with E-state index in [9.17, 15) is 22.4 Å². The van der Waals surface area contributed by atoms with Gasteiger partial charge in [0.1, 0.15) is 11.5 Å². The van der Waals surface area contributed by atoms with Gasteiger partial charge >= 0.3 is 12.1 Å². The fourth-order valence-corrected chi connectivity index (χ4v) is 1.48. The molecule has 0 radical (unpaired) electrons. The third kappa shape index (κ3) is 2.56. The van der Waals surface area contributed by atoms with Gasteiger partial charge in [-0.2, -0.15) is 18.3 Å². The number of nitrogens with one attached hydrogen (secondary N) is 1. The Labute approximate surface area is 103 Å². The van der Waals surface area contributed by atoms with Crippen molar-refractivity contribution in [1.29, 1.82) is 0 Å². The summed E-state index contributed by atoms with van der Waals surface area (Å²) in [7, 11) is 0. The zero-order valence-corrected chi connectivity index (χ0v) is 9.12. The molecule has 1 heterocycles. The maximum atomic E-state index is 13.3. The van der Waals surface area contributed by atoms with E-state index in [-0.39, 0.29) is 17.0 Å². The number of benzene rings is 1. The predicted molar refractivity (Wildman–Crippen MR) is 55.9 cm³/mol. The highest BCUT2D eigenvalue weighted by Crippen LogP contribution is 2.33. The molecule has 0 aliphatic heterocycles. The number of H-pyrrole nitrogens is 1. The molecule has 0 aliphatic carbocycles. The van der Waals surface area contributed by atoms with Crippen molar-refractivity contribution < 1.29 is 27.5 Å². The Balaban J connectivity index is 2.41. The number of carboxylic acid groups (broad SMARTS) is 1. The van der Waals surface area contributed by atoms with Gasteiger partial charge in [0, 0.05) is 5.56 Å². The van der Waals surface area contributed by atoms with Crippen LogP contribution in [-0.2, 0) is 6.18 Å². The molecule has 4 nitrogen and oxygen atoms in total. The molecule has 0 atom stereocenters. The van der Waals surface area contributed by atoms with Crippen LogP contribution in [0.5, 0.6) is 0 Å². The second-order valence-corrected chi connectivity index (χ2v) is 3.66. The number of aromatic amines is 1. The van der Waals surface area contributed by atoms with Gasteiger partial charge in [-0.1, -0.05) is 6.07 Å². The highest BCUT2D eigenvalue weighted by atomic mass is 19.4. The molecule has 0 saturated carbocycles. The van der Waals surface area contributed by atoms with E-state index in [4.69, 9.17) is 5.11 Å². The minimum atomic E-state index is -4.78. The summed E-state index contributed by atoms with van der Waals surface area (Å²) in [5, 5.41) is 14.4. The zero-order chi connectivity index (χ0) is 14.2. The quantitative estimate of drug-likeness (QED) is 0.827. The lowest BCUT2D eigenvalue weighted by atomic mass is 10.1. The zero-order valence-electron chi connectivity index (χ0n) is 9.12. The third-order valence-corrected chi connectivity index (χ3v) is 2.38. The first-order chi connectivity index (χ1) is 8.79. The van der Waals surface area contributed by atoms with E-state index < -0.39 is 23.5 Å². The number of hydrogen-bond acceptors (Lipinski definition) is 2. The Kier molecular flexibility index (Phi) is 3.01. The lowest BCUT2D eigenvalue weighted by molar-refractivity contribution is -0.139. The summed E-state index contributed by atoms with van der Waals surface area (Å²) >= 11 is 0. The number of halogens is 4. The van der Waals surface area contributed by atoms with Gasteiger partial charge in [0.05, 0.1) is 11.3 Å². The number of nitrogens with zero attached hydrogens (tertiary/aromatic N) is 1. The van der Waals surface area contributed by atoms with Crippen LogP contribution < -0.4 is 0 Å². The molecular formula is C11H6F4N2O2. The van der Waals surface area contributed by atoms with Crippen LogP contribution in [0.4, 0.5) is 17.6 Å². The van der Waals surface area contributed by atoms with Gasteiger partial charge in [-0.3, -0.25) is 5.10 Å². The van der Waals surface area contributed by atoms with Crippen LogP contribution in [0.15, 0.2) is 24.3 Å². The van der Waals surface area contributed by atoms with Crippen molar-refractivity contribution in [2.24, 2.45) is 0 Å².